The minimum atomic E-state index is -0.188. The van der Waals surface area contributed by atoms with Crippen LogP contribution in [0.25, 0.3) is 11.3 Å². The first-order valence-corrected chi connectivity index (χ1v) is 10.9. The second-order valence-corrected chi connectivity index (χ2v) is 7.97. The first-order valence-electron chi connectivity index (χ1n) is 10.0. The molecule has 0 atom stereocenters. The molecule has 4 aromatic rings. The summed E-state index contributed by atoms with van der Waals surface area (Å²) in [4.78, 5) is 24.2. The van der Waals surface area contributed by atoms with Crippen LogP contribution in [0.2, 0.25) is 0 Å². The van der Waals surface area contributed by atoms with Crippen LogP contribution in [0.4, 0.5) is 5.13 Å². The highest BCUT2D eigenvalue weighted by Gasteiger charge is 2.24. The Kier molecular flexibility index (Phi) is 6.47. The number of nitrogens with zero attached hydrogens (tertiary/aromatic N) is 3. The number of thiazole rings is 1. The number of carbonyl (C=O) groups is 1. The third-order valence-corrected chi connectivity index (χ3v) is 5.99. The summed E-state index contributed by atoms with van der Waals surface area (Å²) in [5.41, 5.74) is 4.10. The molecule has 0 bridgehead atoms. The van der Waals surface area contributed by atoms with E-state index in [9.17, 15) is 4.79 Å². The van der Waals surface area contributed by atoms with Crippen LogP contribution in [0.3, 0.4) is 0 Å². The first-order chi connectivity index (χ1) is 15.6. The average molecular weight is 446 g/mol. The summed E-state index contributed by atoms with van der Waals surface area (Å²) in [5.74, 6) is 1.01. The summed E-state index contributed by atoms with van der Waals surface area (Å²) in [6.07, 6.45) is 3.43. The van der Waals surface area contributed by atoms with Crippen LogP contribution >= 0.6 is 11.3 Å². The van der Waals surface area contributed by atoms with Crippen LogP contribution in [0.15, 0.2) is 72.4 Å². The molecule has 0 aliphatic heterocycles. The maximum atomic E-state index is 13.7. The molecule has 0 radical (unpaired) electrons. The van der Waals surface area contributed by atoms with Crippen molar-refractivity contribution >= 4 is 22.4 Å². The molecule has 2 heterocycles. The maximum Gasteiger partial charge on any atom is 0.260 e. The number of hydrogen-bond donors (Lipinski definition) is 0. The third kappa shape index (κ3) is 4.48. The van der Waals surface area contributed by atoms with Gasteiger partial charge in [-0.15, -0.1) is 11.3 Å². The van der Waals surface area contributed by atoms with Crippen LogP contribution in [0, 0.1) is 6.92 Å². The Morgan fingerprint density at radius 3 is 2.28 bits per heavy atom. The van der Waals surface area contributed by atoms with Crippen molar-refractivity contribution in [2.24, 2.45) is 0 Å². The molecule has 7 heteroatoms. The zero-order chi connectivity index (χ0) is 22.5. The topological polar surface area (TPSA) is 64.5 Å². The van der Waals surface area contributed by atoms with E-state index < -0.39 is 0 Å². The molecule has 0 saturated heterocycles. The van der Waals surface area contributed by atoms with Crippen LogP contribution in [0.1, 0.15) is 21.5 Å². The van der Waals surface area contributed by atoms with Crippen molar-refractivity contribution < 1.29 is 14.3 Å². The molecule has 2 aromatic heterocycles. The number of methoxy groups -OCH3 is 2. The van der Waals surface area contributed by atoms with E-state index in [0.717, 1.165) is 22.4 Å². The van der Waals surface area contributed by atoms with Crippen molar-refractivity contribution in [3.63, 3.8) is 0 Å². The number of aromatic nitrogens is 2. The molecule has 1 amide bonds. The molecule has 0 fully saturated rings. The van der Waals surface area contributed by atoms with Crippen molar-refractivity contribution in [3.8, 4) is 22.8 Å². The molecular weight excluding hydrogens is 422 g/mol. The molecule has 0 unspecified atom stereocenters. The van der Waals surface area contributed by atoms with E-state index in [1.165, 1.54) is 11.3 Å². The fraction of sp³-hybridized carbons (Fsp3) is 0.160. The Bertz CT molecular complexity index is 1180. The average Bonchev–Trinajstić information content (AvgIpc) is 3.33. The van der Waals surface area contributed by atoms with Crippen LogP contribution in [-0.4, -0.2) is 30.1 Å². The van der Waals surface area contributed by atoms with Gasteiger partial charge in [-0.05, 0) is 36.8 Å². The lowest BCUT2D eigenvalue weighted by Gasteiger charge is -2.21. The van der Waals surface area contributed by atoms with E-state index in [1.807, 2.05) is 54.8 Å². The zero-order valence-corrected chi connectivity index (χ0v) is 18.9. The zero-order valence-electron chi connectivity index (χ0n) is 18.1. The molecular formula is C25H23N3O3S. The van der Waals surface area contributed by atoms with Crippen molar-refractivity contribution in [2.75, 3.05) is 19.1 Å². The largest absolute Gasteiger partial charge is 0.496 e. The van der Waals surface area contributed by atoms with Crippen LogP contribution in [-0.2, 0) is 6.54 Å². The smallest absolute Gasteiger partial charge is 0.260 e. The molecule has 2 aromatic carbocycles. The van der Waals surface area contributed by atoms with Gasteiger partial charge in [-0.25, -0.2) is 4.98 Å². The molecule has 6 nitrogen and oxygen atoms in total. The number of amides is 1. The van der Waals surface area contributed by atoms with E-state index >= 15 is 0 Å². The summed E-state index contributed by atoms with van der Waals surface area (Å²) < 4.78 is 10.9. The number of benzene rings is 2. The molecule has 0 N–H and O–H groups in total. The second-order valence-electron chi connectivity index (χ2n) is 7.13. The lowest BCUT2D eigenvalue weighted by molar-refractivity contribution is 0.0984. The van der Waals surface area contributed by atoms with Gasteiger partial charge in [0.15, 0.2) is 5.13 Å². The summed E-state index contributed by atoms with van der Waals surface area (Å²) in [7, 11) is 3.16. The fourth-order valence-electron chi connectivity index (χ4n) is 3.39. The Balaban J connectivity index is 1.75. The van der Waals surface area contributed by atoms with Crippen LogP contribution in [0.5, 0.6) is 11.5 Å². The van der Waals surface area contributed by atoms with Gasteiger partial charge in [0, 0.05) is 34.5 Å². The summed E-state index contributed by atoms with van der Waals surface area (Å²) in [6, 6.07) is 17.2. The molecule has 0 saturated carbocycles. The van der Waals surface area contributed by atoms with E-state index in [1.54, 1.807) is 43.6 Å². The Labute approximate surface area is 191 Å². The van der Waals surface area contributed by atoms with Gasteiger partial charge in [-0.1, -0.05) is 30.3 Å². The van der Waals surface area contributed by atoms with E-state index in [-0.39, 0.29) is 5.91 Å². The predicted octanol–water partition coefficient (Wildman–Crippen LogP) is 5.38. The van der Waals surface area contributed by atoms with Crippen molar-refractivity contribution in [3.05, 3.63) is 89.1 Å². The number of ether oxygens (including phenoxy) is 2. The number of pyridine rings is 1. The van der Waals surface area contributed by atoms with Crippen molar-refractivity contribution in [1.82, 2.24) is 9.97 Å². The van der Waals surface area contributed by atoms with Gasteiger partial charge in [0.2, 0.25) is 0 Å². The predicted molar refractivity (Wildman–Crippen MR) is 127 cm³/mol. The Morgan fingerprint density at radius 2 is 1.66 bits per heavy atom. The van der Waals surface area contributed by atoms with Gasteiger partial charge in [-0.2, -0.15) is 0 Å². The normalized spacial score (nSPS) is 10.6. The summed E-state index contributed by atoms with van der Waals surface area (Å²) in [6.45, 7) is 2.26. The monoisotopic (exact) mass is 445 g/mol. The molecule has 162 valence electrons. The molecule has 32 heavy (non-hydrogen) atoms. The van der Waals surface area contributed by atoms with Gasteiger partial charge in [0.05, 0.1) is 26.5 Å². The van der Waals surface area contributed by atoms with E-state index in [2.05, 4.69) is 4.98 Å². The summed E-state index contributed by atoms with van der Waals surface area (Å²) in [5, 5.41) is 2.58. The maximum absolute atomic E-state index is 13.7. The van der Waals surface area contributed by atoms with E-state index in [4.69, 9.17) is 14.5 Å². The molecule has 0 spiro atoms. The van der Waals surface area contributed by atoms with Gasteiger partial charge >= 0.3 is 0 Å². The van der Waals surface area contributed by atoms with Crippen LogP contribution < -0.4 is 14.4 Å². The van der Waals surface area contributed by atoms with Crippen molar-refractivity contribution in [2.45, 2.75) is 13.5 Å². The van der Waals surface area contributed by atoms with Crippen molar-refractivity contribution in [1.29, 1.82) is 0 Å². The number of carbonyl (C=O) groups excluding carboxylic acids is 1. The third-order valence-electron chi connectivity index (χ3n) is 5.13. The first kappa shape index (κ1) is 21.5. The van der Waals surface area contributed by atoms with Gasteiger partial charge < -0.3 is 9.47 Å². The van der Waals surface area contributed by atoms with Gasteiger partial charge in [0.1, 0.15) is 11.5 Å². The fourth-order valence-corrected chi connectivity index (χ4v) is 4.22. The number of anilines is 1. The minimum Gasteiger partial charge on any atom is -0.496 e. The highest BCUT2D eigenvalue weighted by molar-refractivity contribution is 7.14. The second kappa shape index (κ2) is 9.62. The van der Waals surface area contributed by atoms with Gasteiger partial charge in [-0.3, -0.25) is 14.7 Å². The number of hydrogen-bond acceptors (Lipinski definition) is 6. The highest BCUT2D eigenvalue weighted by Crippen LogP contribution is 2.33. The summed E-state index contributed by atoms with van der Waals surface area (Å²) >= 11 is 1.43. The quantitative estimate of drug-likeness (QED) is 0.382. The molecule has 4 rings (SSSR count). The molecule has 0 aliphatic carbocycles. The minimum absolute atomic E-state index is 0.188. The highest BCUT2D eigenvalue weighted by atomic mass is 32.1. The SMILES string of the molecule is COc1cc(C(=O)N(Cc2ccncc2)c2nc(-c3ccccc3)cs2)cc(OC)c1C. The Morgan fingerprint density at radius 1 is 1.00 bits per heavy atom. The number of rotatable bonds is 7. The van der Waals surface area contributed by atoms with Gasteiger partial charge in [0.25, 0.3) is 5.91 Å². The van der Waals surface area contributed by atoms with E-state index in [0.29, 0.717) is 28.7 Å². The standard InChI is InChI=1S/C25H23N3O3S/c1-17-22(30-2)13-20(14-23(17)31-3)24(29)28(15-18-9-11-26-12-10-18)25-27-21(16-32-25)19-7-5-4-6-8-19/h4-14,16H,15H2,1-3H3. The molecule has 0 aliphatic rings. The lowest BCUT2D eigenvalue weighted by atomic mass is 10.1. The Hall–Kier alpha value is -3.71. The lowest BCUT2D eigenvalue weighted by Crippen LogP contribution is -2.30.